The van der Waals surface area contributed by atoms with Gasteiger partial charge >= 0.3 is 0 Å². The van der Waals surface area contributed by atoms with Crippen LogP contribution < -0.4 is 15.0 Å². The summed E-state index contributed by atoms with van der Waals surface area (Å²) in [5, 5.41) is 3.38. The zero-order chi connectivity index (χ0) is 15.2. The molecule has 0 bridgehead atoms. The number of hydrogen-bond acceptors (Lipinski definition) is 5. The first-order valence-electron chi connectivity index (χ1n) is 8.41. The lowest BCUT2D eigenvalue weighted by Gasteiger charge is -2.32. The van der Waals surface area contributed by atoms with Gasteiger partial charge in [0.1, 0.15) is 12.4 Å². The van der Waals surface area contributed by atoms with Crippen LogP contribution in [0.3, 0.4) is 0 Å². The quantitative estimate of drug-likeness (QED) is 0.869. The SMILES string of the molecule is CN1CCN(CCOc2ccc(N3CCNCC3)cc2)CC1.Cl. The summed E-state index contributed by atoms with van der Waals surface area (Å²) in [7, 11) is 2.19. The van der Waals surface area contributed by atoms with Crippen molar-refractivity contribution in [2.24, 2.45) is 0 Å². The van der Waals surface area contributed by atoms with Crippen LogP contribution in [-0.2, 0) is 0 Å². The maximum Gasteiger partial charge on any atom is 0.119 e. The number of nitrogens with one attached hydrogen (secondary N) is 1. The van der Waals surface area contributed by atoms with Crippen LogP contribution in [-0.4, -0.2) is 82.4 Å². The maximum absolute atomic E-state index is 5.89. The Morgan fingerprint density at radius 2 is 1.61 bits per heavy atom. The normalized spacial score (nSPS) is 20.1. The number of rotatable bonds is 5. The molecule has 0 spiro atoms. The Morgan fingerprint density at radius 1 is 0.957 bits per heavy atom. The molecule has 2 aliphatic heterocycles. The smallest absolute Gasteiger partial charge is 0.119 e. The van der Waals surface area contributed by atoms with Gasteiger partial charge < -0.3 is 19.9 Å². The minimum absolute atomic E-state index is 0. The lowest BCUT2D eigenvalue weighted by molar-refractivity contribution is 0.134. The highest BCUT2D eigenvalue weighted by Gasteiger charge is 2.13. The predicted molar refractivity (Wildman–Crippen MR) is 98.2 cm³/mol. The second-order valence-corrected chi connectivity index (χ2v) is 6.22. The summed E-state index contributed by atoms with van der Waals surface area (Å²) < 4.78 is 5.89. The number of hydrogen-bond donors (Lipinski definition) is 1. The van der Waals surface area contributed by atoms with E-state index in [1.165, 1.54) is 18.8 Å². The van der Waals surface area contributed by atoms with Crippen LogP contribution in [0.4, 0.5) is 5.69 Å². The molecule has 2 heterocycles. The summed E-state index contributed by atoms with van der Waals surface area (Å²) in [5.41, 5.74) is 1.30. The van der Waals surface area contributed by atoms with Gasteiger partial charge in [-0.1, -0.05) is 0 Å². The van der Waals surface area contributed by atoms with E-state index in [1.807, 2.05) is 0 Å². The highest BCUT2D eigenvalue weighted by Crippen LogP contribution is 2.19. The van der Waals surface area contributed by atoms with E-state index in [-0.39, 0.29) is 12.4 Å². The Bertz CT molecular complexity index is 442. The van der Waals surface area contributed by atoms with Crippen LogP contribution in [0.25, 0.3) is 0 Å². The van der Waals surface area contributed by atoms with Crippen molar-refractivity contribution in [3.63, 3.8) is 0 Å². The second kappa shape index (κ2) is 9.33. The molecule has 6 heteroatoms. The third-order valence-electron chi connectivity index (χ3n) is 4.59. The van der Waals surface area contributed by atoms with Crippen molar-refractivity contribution >= 4 is 18.1 Å². The van der Waals surface area contributed by atoms with Gasteiger partial charge in [-0.3, -0.25) is 4.90 Å². The van der Waals surface area contributed by atoms with Crippen LogP contribution in [0.1, 0.15) is 0 Å². The molecular formula is C17H29ClN4O. The molecule has 23 heavy (non-hydrogen) atoms. The third kappa shape index (κ3) is 5.53. The second-order valence-electron chi connectivity index (χ2n) is 6.22. The summed E-state index contributed by atoms with van der Waals surface area (Å²) in [6, 6.07) is 8.55. The monoisotopic (exact) mass is 340 g/mol. The van der Waals surface area contributed by atoms with Gasteiger partial charge in [0.05, 0.1) is 0 Å². The third-order valence-corrected chi connectivity index (χ3v) is 4.59. The van der Waals surface area contributed by atoms with Crippen LogP contribution in [0.2, 0.25) is 0 Å². The van der Waals surface area contributed by atoms with Crippen LogP contribution in [0.5, 0.6) is 5.75 Å². The van der Waals surface area contributed by atoms with Crippen LogP contribution in [0.15, 0.2) is 24.3 Å². The molecule has 0 atom stereocenters. The van der Waals surface area contributed by atoms with E-state index >= 15 is 0 Å². The first-order valence-corrected chi connectivity index (χ1v) is 8.41. The molecule has 0 amide bonds. The number of nitrogens with zero attached hydrogens (tertiary/aromatic N) is 3. The molecule has 0 radical (unpaired) electrons. The Morgan fingerprint density at radius 3 is 2.26 bits per heavy atom. The van der Waals surface area contributed by atoms with E-state index in [1.54, 1.807) is 0 Å². The molecule has 3 rings (SSSR count). The highest BCUT2D eigenvalue weighted by molar-refractivity contribution is 5.85. The minimum Gasteiger partial charge on any atom is -0.492 e. The molecule has 0 saturated carbocycles. The predicted octanol–water partition coefficient (Wildman–Crippen LogP) is 1.14. The van der Waals surface area contributed by atoms with Crippen LogP contribution in [0, 0.1) is 0 Å². The Kier molecular flexibility index (Phi) is 7.43. The molecule has 2 aliphatic rings. The van der Waals surface area contributed by atoms with Crippen molar-refractivity contribution in [3.05, 3.63) is 24.3 Å². The van der Waals surface area contributed by atoms with Gasteiger partial charge in [-0.25, -0.2) is 0 Å². The fraction of sp³-hybridized carbons (Fsp3) is 0.647. The molecule has 0 unspecified atom stereocenters. The van der Waals surface area contributed by atoms with Crippen molar-refractivity contribution in [2.75, 3.05) is 77.5 Å². The number of piperazine rings is 2. The lowest BCUT2D eigenvalue weighted by Crippen LogP contribution is -2.45. The van der Waals surface area contributed by atoms with Gasteiger partial charge in [0.25, 0.3) is 0 Å². The maximum atomic E-state index is 5.89. The Labute approximate surface area is 146 Å². The minimum atomic E-state index is 0. The largest absolute Gasteiger partial charge is 0.492 e. The van der Waals surface area contributed by atoms with Crippen molar-refractivity contribution in [1.29, 1.82) is 0 Å². The average Bonchev–Trinajstić information content (AvgIpc) is 2.58. The molecular weight excluding hydrogens is 312 g/mol. The number of benzene rings is 1. The van der Waals surface area contributed by atoms with E-state index in [4.69, 9.17) is 4.74 Å². The van der Waals surface area contributed by atoms with Crippen molar-refractivity contribution in [3.8, 4) is 5.75 Å². The first-order chi connectivity index (χ1) is 10.8. The number of halogens is 1. The topological polar surface area (TPSA) is 31.0 Å². The lowest BCUT2D eigenvalue weighted by atomic mass is 10.2. The highest BCUT2D eigenvalue weighted by atomic mass is 35.5. The summed E-state index contributed by atoms with van der Waals surface area (Å²) >= 11 is 0. The van der Waals surface area contributed by atoms with E-state index in [0.717, 1.165) is 58.2 Å². The fourth-order valence-electron chi connectivity index (χ4n) is 3.04. The molecule has 0 aromatic heterocycles. The number of anilines is 1. The Hall–Kier alpha value is -1.01. The number of likely N-dealkylation sites (N-methyl/N-ethyl adjacent to an activating group) is 1. The molecule has 130 valence electrons. The fourth-order valence-corrected chi connectivity index (χ4v) is 3.04. The number of ether oxygens (including phenoxy) is 1. The molecule has 0 aliphatic carbocycles. The van der Waals surface area contributed by atoms with Gasteiger partial charge in [0, 0.05) is 64.6 Å². The van der Waals surface area contributed by atoms with Gasteiger partial charge in [0.15, 0.2) is 0 Å². The molecule has 1 N–H and O–H groups in total. The standard InChI is InChI=1S/C17H28N4O.ClH/c1-19-10-12-20(13-11-19)14-15-22-17-4-2-16(3-5-17)21-8-6-18-7-9-21;/h2-5,18H,6-15H2,1H3;1H. The van der Waals surface area contributed by atoms with E-state index in [0.29, 0.717) is 0 Å². The molecule has 2 fully saturated rings. The van der Waals surface area contributed by atoms with Gasteiger partial charge in [-0.15, -0.1) is 12.4 Å². The summed E-state index contributed by atoms with van der Waals surface area (Å²) in [4.78, 5) is 7.28. The van der Waals surface area contributed by atoms with Crippen LogP contribution >= 0.6 is 12.4 Å². The van der Waals surface area contributed by atoms with Gasteiger partial charge in [-0.05, 0) is 31.3 Å². The van der Waals surface area contributed by atoms with E-state index in [9.17, 15) is 0 Å². The summed E-state index contributed by atoms with van der Waals surface area (Å²) in [6.07, 6.45) is 0. The van der Waals surface area contributed by atoms with E-state index in [2.05, 4.69) is 51.3 Å². The molecule has 1 aromatic rings. The Balaban J connectivity index is 0.00000192. The average molecular weight is 341 g/mol. The van der Waals surface area contributed by atoms with Gasteiger partial charge in [-0.2, -0.15) is 0 Å². The summed E-state index contributed by atoms with van der Waals surface area (Å²) in [5.74, 6) is 0.980. The molecule has 2 saturated heterocycles. The molecule has 5 nitrogen and oxygen atoms in total. The zero-order valence-corrected chi connectivity index (χ0v) is 14.9. The van der Waals surface area contributed by atoms with Crippen molar-refractivity contribution in [2.45, 2.75) is 0 Å². The van der Waals surface area contributed by atoms with Crippen molar-refractivity contribution < 1.29 is 4.74 Å². The first kappa shape index (κ1) is 18.3. The zero-order valence-electron chi connectivity index (χ0n) is 14.0. The molecule has 1 aromatic carbocycles. The summed E-state index contributed by atoms with van der Waals surface area (Å²) in [6.45, 7) is 10.8. The van der Waals surface area contributed by atoms with Crippen molar-refractivity contribution in [1.82, 2.24) is 15.1 Å². The van der Waals surface area contributed by atoms with Gasteiger partial charge in [0.2, 0.25) is 0 Å². The van der Waals surface area contributed by atoms with E-state index < -0.39 is 0 Å².